The molecule has 0 radical (unpaired) electrons. The second kappa shape index (κ2) is 8.72. The van der Waals surface area contributed by atoms with Crippen molar-refractivity contribution in [2.24, 2.45) is 0 Å². The Balaban J connectivity index is 1.70. The molecule has 1 aliphatic heterocycles. The molecule has 138 valence electrons. The maximum Gasteiger partial charge on any atom is 0.255 e. The number of hydrogen-bond acceptors (Lipinski definition) is 4. The Labute approximate surface area is 154 Å². The molecule has 5 nitrogen and oxygen atoms in total. The summed E-state index contributed by atoms with van der Waals surface area (Å²) in [5, 5.41) is 3.01. The minimum atomic E-state index is -0.170. The van der Waals surface area contributed by atoms with Gasteiger partial charge in [-0.2, -0.15) is 0 Å². The Kier molecular flexibility index (Phi) is 6.12. The van der Waals surface area contributed by atoms with Crippen LogP contribution in [0, 0.1) is 0 Å². The molecule has 0 saturated carbocycles. The first-order valence-electron chi connectivity index (χ1n) is 9.01. The van der Waals surface area contributed by atoms with Gasteiger partial charge >= 0.3 is 0 Å². The van der Waals surface area contributed by atoms with Crippen molar-refractivity contribution >= 4 is 5.91 Å². The van der Waals surface area contributed by atoms with Crippen LogP contribution in [-0.2, 0) is 13.1 Å². The van der Waals surface area contributed by atoms with Crippen LogP contribution >= 0.6 is 0 Å². The van der Waals surface area contributed by atoms with Gasteiger partial charge in [-0.15, -0.1) is 0 Å². The third-order valence-corrected chi connectivity index (χ3v) is 4.80. The molecule has 3 rings (SSSR count). The van der Waals surface area contributed by atoms with Gasteiger partial charge in [0.1, 0.15) is 0 Å². The number of methoxy groups -OCH3 is 2. The molecule has 5 heteroatoms. The van der Waals surface area contributed by atoms with Crippen molar-refractivity contribution < 1.29 is 14.3 Å². The maximum atomic E-state index is 12.7. The highest BCUT2D eigenvalue weighted by Gasteiger charge is 2.17. The lowest BCUT2D eigenvalue weighted by Gasteiger charge is -2.18. The molecule has 0 unspecified atom stereocenters. The van der Waals surface area contributed by atoms with Crippen LogP contribution < -0.4 is 14.8 Å². The van der Waals surface area contributed by atoms with Crippen molar-refractivity contribution in [2.75, 3.05) is 27.3 Å². The van der Waals surface area contributed by atoms with E-state index < -0.39 is 0 Å². The second-order valence-electron chi connectivity index (χ2n) is 6.48. The Morgan fingerprint density at radius 2 is 1.73 bits per heavy atom. The largest absolute Gasteiger partial charge is 0.493 e. The van der Waals surface area contributed by atoms with E-state index in [1.807, 2.05) is 6.07 Å². The third-order valence-electron chi connectivity index (χ3n) is 4.80. The number of nitrogens with zero attached hydrogens (tertiary/aromatic N) is 1. The van der Waals surface area contributed by atoms with Gasteiger partial charge in [0, 0.05) is 13.1 Å². The number of para-hydroxylation sites is 1. The molecular formula is C21H26N2O3. The molecule has 0 aliphatic carbocycles. The van der Waals surface area contributed by atoms with E-state index >= 15 is 0 Å². The number of rotatable bonds is 7. The third kappa shape index (κ3) is 4.17. The van der Waals surface area contributed by atoms with E-state index in [0.717, 1.165) is 25.2 Å². The van der Waals surface area contributed by atoms with Gasteiger partial charge in [0.05, 0.1) is 19.8 Å². The topological polar surface area (TPSA) is 50.8 Å². The lowest BCUT2D eigenvalue weighted by atomic mass is 10.1. The highest BCUT2D eigenvalue weighted by Crippen LogP contribution is 2.30. The Morgan fingerprint density at radius 1 is 1.00 bits per heavy atom. The standard InChI is InChI=1S/C21H26N2O3/c1-25-19-11-7-10-18(20(19)26-2)21(24)22-14-16-8-3-4-9-17(16)15-23-12-5-6-13-23/h3-4,7-11H,5-6,12-15H2,1-2H3,(H,22,24). The quantitative estimate of drug-likeness (QED) is 0.829. The normalized spacial score (nSPS) is 14.2. The summed E-state index contributed by atoms with van der Waals surface area (Å²) in [6.07, 6.45) is 2.54. The van der Waals surface area contributed by atoms with Gasteiger partial charge in [0.2, 0.25) is 0 Å². The number of hydrogen-bond donors (Lipinski definition) is 1. The van der Waals surface area contributed by atoms with Crippen LogP contribution in [0.1, 0.15) is 34.3 Å². The van der Waals surface area contributed by atoms with Crippen LogP contribution in [0.25, 0.3) is 0 Å². The van der Waals surface area contributed by atoms with E-state index in [0.29, 0.717) is 23.6 Å². The highest BCUT2D eigenvalue weighted by molar-refractivity contribution is 5.97. The van der Waals surface area contributed by atoms with E-state index in [2.05, 4.69) is 28.4 Å². The molecule has 2 aromatic carbocycles. The number of ether oxygens (including phenoxy) is 2. The molecule has 0 bridgehead atoms. The fourth-order valence-corrected chi connectivity index (χ4v) is 3.40. The molecule has 1 aliphatic rings. The summed E-state index contributed by atoms with van der Waals surface area (Å²) in [5.41, 5.74) is 2.89. The first kappa shape index (κ1) is 18.3. The molecule has 0 spiro atoms. The highest BCUT2D eigenvalue weighted by atomic mass is 16.5. The molecule has 1 heterocycles. The Bertz CT molecular complexity index is 755. The number of benzene rings is 2. The number of likely N-dealkylation sites (tertiary alicyclic amines) is 1. The van der Waals surface area contributed by atoms with Crippen molar-refractivity contribution in [1.82, 2.24) is 10.2 Å². The van der Waals surface area contributed by atoms with Gasteiger partial charge < -0.3 is 14.8 Å². The molecular weight excluding hydrogens is 328 g/mol. The first-order valence-corrected chi connectivity index (χ1v) is 9.01. The first-order chi connectivity index (χ1) is 12.7. The minimum Gasteiger partial charge on any atom is -0.493 e. The average Bonchev–Trinajstić information content (AvgIpc) is 3.19. The zero-order chi connectivity index (χ0) is 18.4. The summed E-state index contributed by atoms with van der Waals surface area (Å²) in [4.78, 5) is 15.1. The summed E-state index contributed by atoms with van der Waals surface area (Å²) in [6, 6.07) is 13.6. The van der Waals surface area contributed by atoms with Crippen LogP contribution in [0.4, 0.5) is 0 Å². The van der Waals surface area contributed by atoms with E-state index in [4.69, 9.17) is 9.47 Å². The Morgan fingerprint density at radius 3 is 2.42 bits per heavy atom. The maximum absolute atomic E-state index is 12.7. The summed E-state index contributed by atoms with van der Waals surface area (Å²) < 4.78 is 10.6. The van der Waals surface area contributed by atoms with E-state index in [9.17, 15) is 4.79 Å². The number of carbonyl (C=O) groups is 1. The molecule has 0 atom stereocenters. The summed E-state index contributed by atoms with van der Waals surface area (Å²) >= 11 is 0. The average molecular weight is 354 g/mol. The molecule has 1 amide bonds. The molecule has 2 aromatic rings. The van der Waals surface area contributed by atoms with Crippen LogP contribution in [-0.4, -0.2) is 38.1 Å². The van der Waals surface area contributed by atoms with E-state index in [-0.39, 0.29) is 5.91 Å². The minimum absolute atomic E-state index is 0.170. The lowest BCUT2D eigenvalue weighted by molar-refractivity contribution is 0.0947. The van der Waals surface area contributed by atoms with Crippen LogP contribution in [0.15, 0.2) is 42.5 Å². The van der Waals surface area contributed by atoms with Crippen molar-refractivity contribution in [2.45, 2.75) is 25.9 Å². The fraction of sp³-hybridized carbons (Fsp3) is 0.381. The molecule has 1 saturated heterocycles. The summed E-state index contributed by atoms with van der Waals surface area (Å²) in [5.74, 6) is 0.837. The van der Waals surface area contributed by atoms with Gasteiger partial charge in [-0.3, -0.25) is 9.69 Å². The number of amides is 1. The van der Waals surface area contributed by atoms with E-state index in [1.165, 1.54) is 18.4 Å². The molecule has 0 aromatic heterocycles. The predicted molar refractivity (Wildman–Crippen MR) is 102 cm³/mol. The number of carbonyl (C=O) groups excluding carboxylic acids is 1. The molecule has 1 N–H and O–H groups in total. The summed E-state index contributed by atoms with van der Waals surface area (Å²) in [7, 11) is 3.11. The van der Waals surface area contributed by atoms with Crippen molar-refractivity contribution in [3.63, 3.8) is 0 Å². The van der Waals surface area contributed by atoms with Crippen LogP contribution in [0.5, 0.6) is 11.5 Å². The smallest absolute Gasteiger partial charge is 0.255 e. The van der Waals surface area contributed by atoms with Crippen LogP contribution in [0.3, 0.4) is 0 Å². The fourth-order valence-electron chi connectivity index (χ4n) is 3.40. The van der Waals surface area contributed by atoms with Gasteiger partial charge in [-0.25, -0.2) is 0 Å². The van der Waals surface area contributed by atoms with Crippen molar-refractivity contribution in [3.8, 4) is 11.5 Å². The van der Waals surface area contributed by atoms with Crippen molar-refractivity contribution in [1.29, 1.82) is 0 Å². The van der Waals surface area contributed by atoms with Crippen molar-refractivity contribution in [3.05, 3.63) is 59.2 Å². The van der Waals surface area contributed by atoms with Gasteiger partial charge in [0.25, 0.3) is 5.91 Å². The predicted octanol–water partition coefficient (Wildman–Crippen LogP) is 3.23. The lowest BCUT2D eigenvalue weighted by Crippen LogP contribution is -2.25. The van der Waals surface area contributed by atoms with Gasteiger partial charge in [0.15, 0.2) is 11.5 Å². The summed E-state index contributed by atoms with van der Waals surface area (Å²) in [6.45, 7) is 3.74. The zero-order valence-corrected chi connectivity index (χ0v) is 15.5. The second-order valence-corrected chi connectivity index (χ2v) is 6.48. The SMILES string of the molecule is COc1cccc(C(=O)NCc2ccccc2CN2CCCC2)c1OC. The van der Waals surface area contributed by atoms with E-state index in [1.54, 1.807) is 32.4 Å². The van der Waals surface area contributed by atoms with Gasteiger partial charge in [-0.05, 0) is 49.2 Å². The molecule has 26 heavy (non-hydrogen) atoms. The van der Waals surface area contributed by atoms with Gasteiger partial charge in [-0.1, -0.05) is 30.3 Å². The number of nitrogens with one attached hydrogen (secondary N) is 1. The Hall–Kier alpha value is -2.53. The molecule has 1 fully saturated rings. The zero-order valence-electron chi connectivity index (χ0n) is 15.5. The monoisotopic (exact) mass is 354 g/mol. The van der Waals surface area contributed by atoms with Crippen LogP contribution in [0.2, 0.25) is 0 Å².